The van der Waals surface area contributed by atoms with Gasteiger partial charge in [0, 0.05) is 5.56 Å². The molecule has 1 fully saturated rings. The molecule has 0 saturated heterocycles. The molecule has 0 unspecified atom stereocenters. The molecule has 78 valence electrons. The third-order valence-corrected chi connectivity index (χ3v) is 2.39. The van der Waals surface area contributed by atoms with E-state index in [4.69, 9.17) is 4.74 Å². The predicted octanol–water partition coefficient (Wildman–Crippen LogP) is 2.20. The maximum Gasteiger partial charge on any atom is 0.314 e. The summed E-state index contributed by atoms with van der Waals surface area (Å²) in [6, 6.07) is 6.63. The molecule has 0 spiro atoms. The van der Waals surface area contributed by atoms with Crippen LogP contribution in [0.4, 0.5) is 0 Å². The van der Waals surface area contributed by atoms with E-state index in [-0.39, 0.29) is 17.7 Å². The van der Waals surface area contributed by atoms with Crippen molar-refractivity contribution < 1.29 is 14.3 Å². The van der Waals surface area contributed by atoms with E-state index in [1.165, 1.54) is 6.92 Å². The van der Waals surface area contributed by atoms with E-state index in [0.717, 1.165) is 12.8 Å². The van der Waals surface area contributed by atoms with Crippen molar-refractivity contribution in [3.8, 4) is 5.75 Å². The number of carbonyl (C=O) groups excluding carboxylic acids is 2. The molecule has 3 heteroatoms. The van der Waals surface area contributed by atoms with Gasteiger partial charge in [-0.2, -0.15) is 0 Å². The summed E-state index contributed by atoms with van der Waals surface area (Å²) in [6.07, 6.45) is 1.87. The normalized spacial score (nSPS) is 14.7. The second-order valence-corrected chi connectivity index (χ2v) is 3.78. The standard InChI is InChI=1S/C12H12O3/c1-8(13)9-4-6-11(7-5-9)15-12(14)10-2-3-10/h4-7,10H,2-3H2,1H3. The molecule has 3 nitrogen and oxygen atoms in total. The van der Waals surface area contributed by atoms with Crippen molar-refractivity contribution in [2.75, 3.05) is 0 Å². The first-order chi connectivity index (χ1) is 7.16. The average molecular weight is 204 g/mol. The number of Topliss-reactive ketones (excluding diaryl/α,β-unsaturated/α-hetero) is 1. The Labute approximate surface area is 88.1 Å². The monoisotopic (exact) mass is 204 g/mol. The smallest absolute Gasteiger partial charge is 0.314 e. The van der Waals surface area contributed by atoms with Crippen molar-refractivity contribution >= 4 is 11.8 Å². The van der Waals surface area contributed by atoms with E-state index in [2.05, 4.69) is 0 Å². The fraction of sp³-hybridized carbons (Fsp3) is 0.333. The Hall–Kier alpha value is -1.64. The van der Waals surface area contributed by atoms with Crippen LogP contribution in [0.2, 0.25) is 0 Å². The van der Waals surface area contributed by atoms with Crippen LogP contribution in [-0.2, 0) is 4.79 Å². The molecule has 0 aromatic heterocycles. The van der Waals surface area contributed by atoms with Gasteiger partial charge in [0.15, 0.2) is 5.78 Å². The van der Waals surface area contributed by atoms with Gasteiger partial charge in [-0.25, -0.2) is 0 Å². The number of esters is 1. The first-order valence-electron chi connectivity index (χ1n) is 4.99. The largest absolute Gasteiger partial charge is 0.426 e. The van der Waals surface area contributed by atoms with Gasteiger partial charge in [0.2, 0.25) is 0 Å². The Morgan fingerprint density at radius 3 is 2.27 bits per heavy atom. The van der Waals surface area contributed by atoms with E-state index in [9.17, 15) is 9.59 Å². The van der Waals surface area contributed by atoms with Gasteiger partial charge < -0.3 is 4.74 Å². The average Bonchev–Trinajstić information content (AvgIpc) is 3.01. The molecule has 1 aliphatic carbocycles. The summed E-state index contributed by atoms with van der Waals surface area (Å²) in [6.45, 7) is 1.51. The second kappa shape index (κ2) is 3.85. The van der Waals surface area contributed by atoms with Crippen molar-refractivity contribution in [1.29, 1.82) is 0 Å². The van der Waals surface area contributed by atoms with Crippen molar-refractivity contribution in [3.63, 3.8) is 0 Å². The number of hydrogen-bond acceptors (Lipinski definition) is 3. The van der Waals surface area contributed by atoms with Crippen LogP contribution in [0.5, 0.6) is 5.75 Å². The number of ether oxygens (including phenoxy) is 1. The van der Waals surface area contributed by atoms with Gasteiger partial charge in [-0.1, -0.05) is 0 Å². The Balaban J connectivity index is 2.03. The Kier molecular flexibility index (Phi) is 2.54. The highest BCUT2D eigenvalue weighted by molar-refractivity contribution is 5.94. The number of rotatable bonds is 3. The number of hydrogen-bond donors (Lipinski definition) is 0. The van der Waals surface area contributed by atoms with Crippen molar-refractivity contribution in [2.24, 2.45) is 5.92 Å². The highest BCUT2D eigenvalue weighted by Crippen LogP contribution is 2.30. The molecule has 0 N–H and O–H groups in total. The summed E-state index contributed by atoms with van der Waals surface area (Å²) < 4.78 is 5.12. The molecule has 1 aromatic carbocycles. The minimum absolute atomic E-state index is 0.00932. The Morgan fingerprint density at radius 1 is 1.20 bits per heavy atom. The summed E-state index contributed by atoms with van der Waals surface area (Å²) in [5, 5.41) is 0. The van der Waals surface area contributed by atoms with Gasteiger partial charge >= 0.3 is 5.97 Å². The fourth-order valence-electron chi connectivity index (χ4n) is 1.28. The number of ketones is 1. The third kappa shape index (κ3) is 2.43. The van der Waals surface area contributed by atoms with Crippen LogP contribution < -0.4 is 4.74 Å². The SMILES string of the molecule is CC(=O)c1ccc(OC(=O)C2CC2)cc1. The van der Waals surface area contributed by atoms with Crippen molar-refractivity contribution in [3.05, 3.63) is 29.8 Å². The van der Waals surface area contributed by atoms with Gasteiger partial charge in [0.1, 0.15) is 5.75 Å². The molecule has 15 heavy (non-hydrogen) atoms. The zero-order valence-electron chi connectivity index (χ0n) is 8.53. The number of carbonyl (C=O) groups is 2. The van der Waals surface area contributed by atoms with Crippen LogP contribution in [0.1, 0.15) is 30.1 Å². The summed E-state index contributed by atoms with van der Waals surface area (Å²) in [4.78, 5) is 22.3. The van der Waals surface area contributed by atoms with Gasteiger partial charge in [-0.3, -0.25) is 9.59 Å². The Bertz CT molecular complexity index is 388. The van der Waals surface area contributed by atoms with Crippen LogP contribution in [0, 0.1) is 5.92 Å². The maximum absolute atomic E-state index is 11.3. The minimum atomic E-state index is -0.162. The molecule has 0 aliphatic heterocycles. The molecule has 0 heterocycles. The third-order valence-electron chi connectivity index (χ3n) is 2.39. The molecule has 0 amide bonds. The lowest BCUT2D eigenvalue weighted by molar-refractivity contribution is -0.135. The maximum atomic E-state index is 11.3. The molecular weight excluding hydrogens is 192 g/mol. The highest BCUT2D eigenvalue weighted by atomic mass is 16.5. The summed E-state index contributed by atoms with van der Waals surface area (Å²) >= 11 is 0. The molecule has 1 saturated carbocycles. The molecule has 1 aliphatic rings. The fourth-order valence-corrected chi connectivity index (χ4v) is 1.28. The minimum Gasteiger partial charge on any atom is -0.426 e. The van der Waals surface area contributed by atoms with Crippen LogP contribution in [0.3, 0.4) is 0 Å². The van der Waals surface area contributed by atoms with Crippen LogP contribution in [0.15, 0.2) is 24.3 Å². The zero-order valence-corrected chi connectivity index (χ0v) is 8.53. The predicted molar refractivity (Wildman–Crippen MR) is 54.8 cm³/mol. The molecule has 0 radical (unpaired) electrons. The lowest BCUT2D eigenvalue weighted by Crippen LogP contribution is -2.09. The zero-order chi connectivity index (χ0) is 10.8. The topological polar surface area (TPSA) is 43.4 Å². The lowest BCUT2D eigenvalue weighted by Gasteiger charge is -2.03. The van der Waals surface area contributed by atoms with E-state index in [1.54, 1.807) is 24.3 Å². The highest BCUT2D eigenvalue weighted by Gasteiger charge is 2.31. The lowest BCUT2D eigenvalue weighted by atomic mass is 10.1. The quantitative estimate of drug-likeness (QED) is 0.430. The van der Waals surface area contributed by atoms with Gasteiger partial charge in [-0.05, 0) is 44.0 Å². The van der Waals surface area contributed by atoms with Crippen molar-refractivity contribution in [2.45, 2.75) is 19.8 Å². The van der Waals surface area contributed by atoms with Crippen LogP contribution in [-0.4, -0.2) is 11.8 Å². The summed E-state index contributed by atoms with van der Waals surface area (Å²) in [5.41, 5.74) is 0.626. The van der Waals surface area contributed by atoms with E-state index < -0.39 is 0 Å². The summed E-state index contributed by atoms with van der Waals surface area (Å²) in [7, 11) is 0. The van der Waals surface area contributed by atoms with Crippen LogP contribution in [0.25, 0.3) is 0 Å². The molecule has 0 bridgehead atoms. The van der Waals surface area contributed by atoms with Gasteiger partial charge in [0.05, 0.1) is 5.92 Å². The van der Waals surface area contributed by atoms with Gasteiger partial charge in [0.25, 0.3) is 0 Å². The molecule has 1 aromatic rings. The van der Waals surface area contributed by atoms with E-state index in [0.29, 0.717) is 11.3 Å². The first-order valence-corrected chi connectivity index (χ1v) is 4.99. The van der Waals surface area contributed by atoms with E-state index >= 15 is 0 Å². The van der Waals surface area contributed by atoms with Gasteiger partial charge in [-0.15, -0.1) is 0 Å². The molecule has 0 atom stereocenters. The second-order valence-electron chi connectivity index (χ2n) is 3.78. The molecular formula is C12H12O3. The van der Waals surface area contributed by atoms with Crippen LogP contribution >= 0.6 is 0 Å². The first kappa shape index (κ1) is 9.90. The molecule has 2 rings (SSSR count). The number of benzene rings is 1. The van der Waals surface area contributed by atoms with Crippen molar-refractivity contribution in [1.82, 2.24) is 0 Å². The van der Waals surface area contributed by atoms with E-state index in [1.807, 2.05) is 0 Å². The summed E-state index contributed by atoms with van der Waals surface area (Å²) in [5.74, 6) is 0.454. The Morgan fingerprint density at radius 2 is 1.80 bits per heavy atom.